The van der Waals surface area contributed by atoms with Crippen LogP contribution in [0.25, 0.3) is 0 Å². The van der Waals surface area contributed by atoms with Crippen molar-refractivity contribution in [2.24, 2.45) is 0 Å². The van der Waals surface area contributed by atoms with Crippen LogP contribution in [-0.4, -0.2) is 62.5 Å². The van der Waals surface area contributed by atoms with Crippen LogP contribution in [0.2, 0.25) is 0 Å². The first kappa shape index (κ1) is 20.2. The summed E-state index contributed by atoms with van der Waals surface area (Å²) in [7, 11) is -1.84. The fourth-order valence-electron chi connectivity index (χ4n) is 2.92. The molecule has 0 aliphatic carbocycles. The number of amides is 1. The lowest BCUT2D eigenvalue weighted by molar-refractivity contribution is -0.141. The van der Waals surface area contributed by atoms with E-state index in [9.17, 15) is 22.4 Å². The summed E-state index contributed by atoms with van der Waals surface area (Å²) in [6, 6.07) is 3.18. The second-order valence-corrected chi connectivity index (χ2v) is 8.31. The van der Waals surface area contributed by atoms with Gasteiger partial charge < -0.3 is 14.4 Å². The minimum absolute atomic E-state index is 0.00900. The predicted octanol–water partition coefficient (Wildman–Crippen LogP) is 1.42. The van der Waals surface area contributed by atoms with Crippen LogP contribution in [0.1, 0.15) is 30.6 Å². The van der Waals surface area contributed by atoms with Gasteiger partial charge in [-0.2, -0.15) is 0 Å². The van der Waals surface area contributed by atoms with Crippen LogP contribution < -0.4 is 4.74 Å². The highest BCUT2D eigenvalue weighted by atomic mass is 32.2. The molecule has 0 unspecified atom stereocenters. The molecule has 0 bridgehead atoms. The SMILES string of the molecule is CCN(C(=O)[C@@H](C)OC(=O)c1ccc(OC)c(F)c1)[C@@H]1CCS(=O)(=O)C1. The maximum Gasteiger partial charge on any atom is 0.339 e. The average Bonchev–Trinajstić information content (AvgIpc) is 2.94. The van der Waals surface area contributed by atoms with E-state index in [4.69, 9.17) is 9.47 Å². The van der Waals surface area contributed by atoms with E-state index in [1.165, 1.54) is 31.1 Å². The predicted molar refractivity (Wildman–Crippen MR) is 92.3 cm³/mol. The van der Waals surface area contributed by atoms with Gasteiger partial charge in [-0.05, 0) is 38.5 Å². The molecule has 1 heterocycles. The molecule has 1 aromatic carbocycles. The molecule has 1 aliphatic heterocycles. The summed E-state index contributed by atoms with van der Waals surface area (Å²) in [5, 5.41) is 0. The third-order valence-corrected chi connectivity index (χ3v) is 6.04. The Kier molecular flexibility index (Phi) is 6.22. The van der Waals surface area contributed by atoms with Gasteiger partial charge >= 0.3 is 5.97 Å². The van der Waals surface area contributed by atoms with Gasteiger partial charge in [-0.25, -0.2) is 17.6 Å². The van der Waals surface area contributed by atoms with Gasteiger partial charge in [0.15, 0.2) is 27.5 Å². The smallest absolute Gasteiger partial charge is 0.339 e. The first-order valence-electron chi connectivity index (χ1n) is 8.24. The van der Waals surface area contributed by atoms with Crippen molar-refractivity contribution in [3.8, 4) is 5.75 Å². The molecule has 26 heavy (non-hydrogen) atoms. The Morgan fingerprint density at radius 3 is 2.58 bits per heavy atom. The molecule has 1 aromatic rings. The molecule has 9 heteroatoms. The highest BCUT2D eigenvalue weighted by Crippen LogP contribution is 2.21. The summed E-state index contributed by atoms with van der Waals surface area (Å²) in [5.74, 6) is -2.09. The Morgan fingerprint density at radius 2 is 2.08 bits per heavy atom. The number of carbonyl (C=O) groups is 2. The monoisotopic (exact) mass is 387 g/mol. The zero-order valence-corrected chi connectivity index (χ0v) is 15.7. The maximum absolute atomic E-state index is 13.7. The molecule has 1 fully saturated rings. The van der Waals surface area contributed by atoms with E-state index >= 15 is 0 Å². The third kappa shape index (κ3) is 4.51. The van der Waals surface area contributed by atoms with Crippen LogP contribution in [0.15, 0.2) is 18.2 Å². The quantitative estimate of drug-likeness (QED) is 0.686. The first-order chi connectivity index (χ1) is 12.2. The fourth-order valence-corrected chi connectivity index (χ4v) is 4.65. The van der Waals surface area contributed by atoms with Gasteiger partial charge in [0, 0.05) is 12.6 Å². The van der Waals surface area contributed by atoms with Gasteiger partial charge in [-0.15, -0.1) is 0 Å². The Hall–Kier alpha value is -2.16. The molecule has 0 aromatic heterocycles. The van der Waals surface area contributed by atoms with E-state index < -0.39 is 39.7 Å². The van der Waals surface area contributed by atoms with Crippen molar-refractivity contribution in [3.63, 3.8) is 0 Å². The number of benzene rings is 1. The second-order valence-electron chi connectivity index (χ2n) is 6.08. The van der Waals surface area contributed by atoms with Gasteiger partial charge in [-0.3, -0.25) is 4.79 Å². The standard InChI is InChI=1S/C17H22FNO6S/c1-4-19(13-7-8-26(22,23)10-13)16(20)11(2)25-17(21)12-5-6-15(24-3)14(18)9-12/h5-6,9,11,13H,4,7-8,10H2,1-3H3/t11-,13-/m1/s1. The lowest BCUT2D eigenvalue weighted by Gasteiger charge is -2.29. The van der Waals surface area contributed by atoms with E-state index in [1.54, 1.807) is 6.92 Å². The minimum atomic E-state index is -3.14. The zero-order chi connectivity index (χ0) is 19.5. The van der Waals surface area contributed by atoms with Crippen LogP contribution >= 0.6 is 0 Å². The van der Waals surface area contributed by atoms with Crippen LogP contribution in [0.5, 0.6) is 5.75 Å². The average molecular weight is 387 g/mol. The summed E-state index contributed by atoms with van der Waals surface area (Å²) in [6.45, 7) is 3.44. The van der Waals surface area contributed by atoms with E-state index in [0.717, 1.165) is 6.07 Å². The minimum Gasteiger partial charge on any atom is -0.494 e. The van der Waals surface area contributed by atoms with Gasteiger partial charge in [-0.1, -0.05) is 0 Å². The summed E-state index contributed by atoms with van der Waals surface area (Å²) < 4.78 is 46.9. The van der Waals surface area contributed by atoms with Crippen molar-refractivity contribution < 1.29 is 31.9 Å². The number of hydrogen-bond acceptors (Lipinski definition) is 6. The molecule has 0 N–H and O–H groups in total. The van der Waals surface area contributed by atoms with E-state index in [1.807, 2.05) is 0 Å². The summed E-state index contributed by atoms with van der Waals surface area (Å²) in [6.07, 6.45) is -0.748. The Labute approximate surface area is 152 Å². The molecule has 1 aliphatic rings. The molecule has 2 atom stereocenters. The molecule has 1 amide bonds. The first-order valence-corrected chi connectivity index (χ1v) is 10.1. The Balaban J connectivity index is 2.05. The van der Waals surface area contributed by atoms with Crippen molar-refractivity contribution in [2.75, 3.05) is 25.2 Å². The van der Waals surface area contributed by atoms with Crippen LogP contribution in [0, 0.1) is 5.82 Å². The lowest BCUT2D eigenvalue weighted by atomic mass is 10.2. The van der Waals surface area contributed by atoms with Crippen molar-refractivity contribution >= 4 is 21.7 Å². The van der Waals surface area contributed by atoms with Crippen molar-refractivity contribution in [3.05, 3.63) is 29.6 Å². The lowest BCUT2D eigenvalue weighted by Crippen LogP contribution is -2.46. The number of carbonyl (C=O) groups excluding carboxylic acids is 2. The molecular weight excluding hydrogens is 365 g/mol. The van der Waals surface area contributed by atoms with Gasteiger partial charge in [0.1, 0.15) is 0 Å². The number of likely N-dealkylation sites (N-methyl/N-ethyl adjacent to an activating group) is 1. The van der Waals surface area contributed by atoms with Crippen molar-refractivity contribution in [2.45, 2.75) is 32.4 Å². The molecule has 0 saturated carbocycles. The highest BCUT2D eigenvalue weighted by Gasteiger charge is 2.36. The second kappa shape index (κ2) is 8.03. The molecule has 1 saturated heterocycles. The van der Waals surface area contributed by atoms with E-state index in [0.29, 0.717) is 13.0 Å². The Morgan fingerprint density at radius 1 is 1.38 bits per heavy atom. The number of methoxy groups -OCH3 is 1. The molecule has 7 nitrogen and oxygen atoms in total. The summed E-state index contributed by atoms with van der Waals surface area (Å²) in [4.78, 5) is 26.1. The molecule has 0 spiro atoms. The number of hydrogen-bond donors (Lipinski definition) is 0. The zero-order valence-electron chi connectivity index (χ0n) is 14.9. The van der Waals surface area contributed by atoms with Crippen molar-refractivity contribution in [1.29, 1.82) is 0 Å². The molecule has 2 rings (SSSR count). The summed E-state index contributed by atoms with van der Waals surface area (Å²) in [5.41, 5.74) is -0.0468. The Bertz CT molecular complexity index is 794. The fraction of sp³-hybridized carbons (Fsp3) is 0.529. The van der Waals surface area contributed by atoms with Crippen LogP contribution in [-0.2, 0) is 19.4 Å². The number of ether oxygens (including phenoxy) is 2. The topological polar surface area (TPSA) is 90.0 Å². The maximum atomic E-state index is 13.7. The molecule has 144 valence electrons. The van der Waals surface area contributed by atoms with E-state index in [2.05, 4.69) is 0 Å². The number of halogens is 1. The molecular formula is C17H22FNO6S. The van der Waals surface area contributed by atoms with Crippen molar-refractivity contribution in [1.82, 2.24) is 4.90 Å². The number of esters is 1. The van der Waals surface area contributed by atoms with Crippen LogP contribution in [0.3, 0.4) is 0 Å². The van der Waals surface area contributed by atoms with E-state index in [-0.39, 0.29) is 22.8 Å². The normalized spacial score (nSPS) is 19.6. The van der Waals surface area contributed by atoms with Gasteiger partial charge in [0.05, 0.1) is 24.2 Å². The highest BCUT2D eigenvalue weighted by molar-refractivity contribution is 7.91. The number of rotatable bonds is 6. The van der Waals surface area contributed by atoms with Gasteiger partial charge in [0.25, 0.3) is 5.91 Å². The van der Waals surface area contributed by atoms with Gasteiger partial charge in [0.2, 0.25) is 0 Å². The van der Waals surface area contributed by atoms with Crippen LogP contribution in [0.4, 0.5) is 4.39 Å². The largest absolute Gasteiger partial charge is 0.494 e. The number of nitrogens with zero attached hydrogens (tertiary/aromatic N) is 1. The number of sulfone groups is 1. The third-order valence-electron chi connectivity index (χ3n) is 4.29. The summed E-state index contributed by atoms with van der Waals surface area (Å²) >= 11 is 0. The molecule has 0 radical (unpaired) electrons.